The van der Waals surface area contributed by atoms with Crippen molar-refractivity contribution in [3.8, 4) is 5.75 Å². The molecule has 0 saturated carbocycles. The summed E-state index contributed by atoms with van der Waals surface area (Å²) in [6.45, 7) is 0. The number of amides is 1. The monoisotopic (exact) mass is 248 g/mol. The van der Waals surface area contributed by atoms with Crippen molar-refractivity contribution < 1.29 is 9.90 Å². The van der Waals surface area contributed by atoms with Gasteiger partial charge in [-0.05, 0) is 24.4 Å². The Bertz CT molecular complexity index is 525. The van der Waals surface area contributed by atoms with Crippen LogP contribution in [-0.4, -0.2) is 40.0 Å². The second-order valence-electron chi connectivity index (χ2n) is 3.79. The van der Waals surface area contributed by atoms with Crippen molar-refractivity contribution in [2.75, 3.05) is 14.1 Å². The third kappa shape index (κ3) is 1.89. The van der Waals surface area contributed by atoms with E-state index in [0.717, 1.165) is 0 Å². The Labute approximate surface area is 105 Å². The van der Waals surface area contributed by atoms with Crippen LogP contribution in [0.2, 0.25) is 0 Å². The molecular formula is C12H12N2O2S. The third-order valence-electron chi connectivity index (χ3n) is 2.69. The van der Waals surface area contributed by atoms with Crippen LogP contribution in [-0.2, 0) is 4.79 Å². The first-order valence-corrected chi connectivity index (χ1v) is 5.48. The van der Waals surface area contributed by atoms with Gasteiger partial charge in [0.15, 0.2) is 5.11 Å². The third-order valence-corrected chi connectivity index (χ3v) is 3.24. The first-order valence-electron chi connectivity index (χ1n) is 5.08. The number of nitrogens with zero attached hydrogens (tertiary/aromatic N) is 2. The number of likely N-dealkylation sites (N-methyl/N-ethyl adjacent to an activating group) is 2. The zero-order valence-electron chi connectivity index (χ0n) is 9.54. The van der Waals surface area contributed by atoms with Crippen LogP contribution in [0.3, 0.4) is 0 Å². The summed E-state index contributed by atoms with van der Waals surface area (Å²) in [7, 11) is 3.36. The second-order valence-corrected chi connectivity index (χ2v) is 4.16. The van der Waals surface area contributed by atoms with Crippen molar-refractivity contribution in [1.82, 2.24) is 9.80 Å². The number of phenolic OH excluding ortho intramolecular Hbond substituents is 1. The highest BCUT2D eigenvalue weighted by atomic mass is 32.1. The molecule has 1 heterocycles. The molecule has 1 fully saturated rings. The first-order chi connectivity index (χ1) is 8.02. The molecule has 2 rings (SSSR count). The lowest BCUT2D eigenvalue weighted by molar-refractivity contribution is -0.121. The lowest BCUT2D eigenvalue weighted by Crippen LogP contribution is -2.26. The van der Waals surface area contributed by atoms with Crippen LogP contribution in [0, 0.1) is 0 Å². The molecule has 1 aliphatic heterocycles. The van der Waals surface area contributed by atoms with Crippen LogP contribution in [0.4, 0.5) is 0 Å². The van der Waals surface area contributed by atoms with Crippen molar-refractivity contribution in [2.24, 2.45) is 0 Å². The van der Waals surface area contributed by atoms with E-state index in [0.29, 0.717) is 16.4 Å². The Morgan fingerprint density at radius 1 is 1.24 bits per heavy atom. The highest BCUT2D eigenvalue weighted by Crippen LogP contribution is 2.24. The number of benzene rings is 1. The molecule has 1 aromatic carbocycles. The van der Waals surface area contributed by atoms with Crippen molar-refractivity contribution in [1.29, 1.82) is 0 Å². The Morgan fingerprint density at radius 2 is 1.88 bits per heavy atom. The Morgan fingerprint density at radius 3 is 2.41 bits per heavy atom. The molecule has 0 aromatic heterocycles. The van der Waals surface area contributed by atoms with Crippen LogP contribution >= 0.6 is 12.2 Å². The average molecular weight is 248 g/mol. The number of aromatic hydroxyl groups is 1. The molecule has 0 spiro atoms. The molecule has 1 saturated heterocycles. The normalized spacial score (nSPS) is 18.4. The zero-order chi connectivity index (χ0) is 12.6. The van der Waals surface area contributed by atoms with Gasteiger partial charge < -0.3 is 10.0 Å². The largest absolute Gasteiger partial charge is 0.507 e. The van der Waals surface area contributed by atoms with Gasteiger partial charge in [-0.1, -0.05) is 18.2 Å². The van der Waals surface area contributed by atoms with E-state index < -0.39 is 0 Å². The predicted octanol–water partition coefficient (Wildman–Crippen LogP) is 1.42. The summed E-state index contributed by atoms with van der Waals surface area (Å²) in [5, 5.41) is 10.1. The van der Waals surface area contributed by atoms with E-state index >= 15 is 0 Å². The van der Waals surface area contributed by atoms with Crippen LogP contribution in [0.25, 0.3) is 6.08 Å². The number of carbonyl (C=O) groups is 1. The minimum Gasteiger partial charge on any atom is -0.507 e. The van der Waals surface area contributed by atoms with Gasteiger partial charge >= 0.3 is 0 Å². The molecule has 17 heavy (non-hydrogen) atoms. The van der Waals surface area contributed by atoms with E-state index in [9.17, 15) is 9.90 Å². The smallest absolute Gasteiger partial charge is 0.276 e. The van der Waals surface area contributed by atoms with Crippen molar-refractivity contribution in [3.05, 3.63) is 35.5 Å². The van der Waals surface area contributed by atoms with Crippen molar-refractivity contribution in [2.45, 2.75) is 0 Å². The molecule has 0 bridgehead atoms. The number of phenols is 1. The van der Waals surface area contributed by atoms with Gasteiger partial charge in [0.1, 0.15) is 11.4 Å². The van der Waals surface area contributed by atoms with E-state index in [4.69, 9.17) is 12.2 Å². The van der Waals surface area contributed by atoms with Gasteiger partial charge in [-0.3, -0.25) is 9.69 Å². The molecule has 0 aliphatic carbocycles. The second kappa shape index (κ2) is 4.18. The molecule has 0 radical (unpaired) electrons. The van der Waals surface area contributed by atoms with Gasteiger partial charge in [0.05, 0.1) is 0 Å². The fourth-order valence-electron chi connectivity index (χ4n) is 1.65. The van der Waals surface area contributed by atoms with Crippen LogP contribution in [0.1, 0.15) is 5.56 Å². The summed E-state index contributed by atoms with van der Waals surface area (Å²) in [5.41, 5.74) is 1.06. The molecule has 88 valence electrons. The molecule has 1 N–H and O–H groups in total. The summed E-state index contributed by atoms with van der Waals surface area (Å²) in [6.07, 6.45) is 1.63. The standard InChI is InChI=1S/C12H12N2O2S/c1-13-9(11(16)14(2)12(13)17)7-8-5-3-4-6-10(8)15/h3-7,15H,1-2H3. The summed E-state index contributed by atoms with van der Waals surface area (Å²) in [6, 6.07) is 6.85. The lowest BCUT2D eigenvalue weighted by atomic mass is 10.1. The SMILES string of the molecule is CN1C(=O)C(=Cc2ccccc2O)N(C)C1=S. The summed E-state index contributed by atoms with van der Waals surface area (Å²) >= 11 is 5.10. The molecule has 1 aliphatic rings. The van der Waals surface area contributed by atoms with E-state index in [-0.39, 0.29) is 11.7 Å². The maximum absolute atomic E-state index is 11.9. The summed E-state index contributed by atoms with van der Waals surface area (Å²) in [5.74, 6) is -0.0255. The van der Waals surface area contributed by atoms with Gasteiger partial charge in [0, 0.05) is 19.7 Å². The maximum Gasteiger partial charge on any atom is 0.276 e. The molecule has 0 atom stereocenters. The number of thiocarbonyl (C=S) groups is 1. The highest BCUT2D eigenvalue weighted by molar-refractivity contribution is 7.80. The summed E-state index contributed by atoms with van der Waals surface area (Å²) in [4.78, 5) is 14.9. The first kappa shape index (κ1) is 11.6. The summed E-state index contributed by atoms with van der Waals surface area (Å²) < 4.78 is 0. The fraction of sp³-hybridized carbons (Fsp3) is 0.167. The van der Waals surface area contributed by atoms with E-state index in [1.165, 1.54) is 4.90 Å². The Kier molecular flexibility index (Phi) is 2.85. The lowest BCUT2D eigenvalue weighted by Gasteiger charge is -2.11. The van der Waals surface area contributed by atoms with Gasteiger partial charge in [0.2, 0.25) is 0 Å². The van der Waals surface area contributed by atoms with Gasteiger partial charge in [-0.2, -0.15) is 0 Å². The number of carbonyl (C=O) groups excluding carboxylic acids is 1. The average Bonchev–Trinajstić information content (AvgIpc) is 2.50. The Hall–Kier alpha value is -1.88. The van der Waals surface area contributed by atoms with Crippen LogP contribution in [0.5, 0.6) is 5.75 Å². The van der Waals surface area contributed by atoms with Gasteiger partial charge in [-0.15, -0.1) is 0 Å². The molecular weight excluding hydrogens is 236 g/mol. The van der Waals surface area contributed by atoms with Gasteiger partial charge in [-0.25, -0.2) is 0 Å². The van der Waals surface area contributed by atoms with Crippen molar-refractivity contribution in [3.63, 3.8) is 0 Å². The predicted molar refractivity (Wildman–Crippen MR) is 69.2 cm³/mol. The maximum atomic E-state index is 11.9. The number of para-hydroxylation sites is 1. The molecule has 0 unspecified atom stereocenters. The number of hydrogen-bond acceptors (Lipinski definition) is 3. The molecule has 4 nitrogen and oxygen atoms in total. The quantitative estimate of drug-likeness (QED) is 0.603. The Balaban J connectivity index is 2.45. The molecule has 1 aromatic rings. The minimum absolute atomic E-state index is 0.140. The van der Waals surface area contributed by atoms with Crippen LogP contribution < -0.4 is 0 Å². The molecule has 1 amide bonds. The van der Waals surface area contributed by atoms with Crippen LogP contribution in [0.15, 0.2) is 30.0 Å². The van der Waals surface area contributed by atoms with E-state index in [1.54, 1.807) is 49.3 Å². The number of rotatable bonds is 1. The van der Waals surface area contributed by atoms with E-state index in [1.807, 2.05) is 0 Å². The fourth-order valence-corrected chi connectivity index (χ4v) is 1.83. The van der Waals surface area contributed by atoms with E-state index in [2.05, 4.69) is 0 Å². The topological polar surface area (TPSA) is 43.8 Å². The minimum atomic E-state index is -0.166. The van der Waals surface area contributed by atoms with Crippen molar-refractivity contribution >= 4 is 29.3 Å². The molecule has 5 heteroatoms. The van der Waals surface area contributed by atoms with Gasteiger partial charge in [0.25, 0.3) is 5.91 Å². The zero-order valence-corrected chi connectivity index (χ0v) is 10.4. The highest BCUT2D eigenvalue weighted by Gasteiger charge is 2.32. The number of hydrogen-bond donors (Lipinski definition) is 1.